The first-order valence-corrected chi connectivity index (χ1v) is 3.48. The molecule has 1 heterocycles. The molecule has 0 aliphatic rings. The quantitative estimate of drug-likeness (QED) is 0.484. The van der Waals surface area contributed by atoms with Crippen LogP contribution in [0, 0.1) is 0 Å². The van der Waals surface area contributed by atoms with Crippen LogP contribution in [0.5, 0.6) is 0 Å². The zero-order chi connectivity index (χ0) is 8.97. The fraction of sp³-hybridized carbons (Fsp3) is 0.250. The molecular formula is C8H10N2O2. The Morgan fingerprint density at radius 2 is 2.42 bits per heavy atom. The first-order valence-electron chi connectivity index (χ1n) is 3.48. The number of nitrogens with zero attached hydrogens (tertiary/aromatic N) is 2. The first kappa shape index (κ1) is 8.52. The number of allylic oxidation sites excluding steroid dienone is 1. The van der Waals surface area contributed by atoms with E-state index in [9.17, 15) is 4.79 Å². The lowest BCUT2D eigenvalue weighted by Crippen LogP contribution is -1.98. The molecule has 4 heteroatoms. The molecule has 0 aliphatic heterocycles. The summed E-state index contributed by atoms with van der Waals surface area (Å²) < 4.78 is 6.20. The van der Waals surface area contributed by atoms with E-state index in [0.717, 1.165) is 5.70 Å². The van der Waals surface area contributed by atoms with Gasteiger partial charge >= 0.3 is 5.97 Å². The zero-order valence-electron chi connectivity index (χ0n) is 7.02. The van der Waals surface area contributed by atoms with E-state index < -0.39 is 0 Å². The van der Waals surface area contributed by atoms with Crippen molar-refractivity contribution in [1.82, 2.24) is 9.55 Å². The molecule has 0 saturated heterocycles. The standard InChI is InChI=1S/C8H10N2O2/c1-7(5-8(11)12-2)10-4-3-9-6-10/h3-6H,1-2H3/b7-5+. The number of imidazole rings is 1. The van der Waals surface area contributed by atoms with Crippen LogP contribution >= 0.6 is 0 Å². The minimum Gasteiger partial charge on any atom is -0.466 e. The third-order valence-corrected chi connectivity index (χ3v) is 1.44. The molecule has 0 spiro atoms. The lowest BCUT2D eigenvalue weighted by molar-refractivity contribution is -0.134. The fourth-order valence-electron chi connectivity index (χ4n) is 0.772. The van der Waals surface area contributed by atoms with Gasteiger partial charge in [-0.25, -0.2) is 9.78 Å². The second-order valence-corrected chi connectivity index (χ2v) is 2.28. The third kappa shape index (κ3) is 1.95. The van der Waals surface area contributed by atoms with Gasteiger partial charge in [0.1, 0.15) is 0 Å². The maximum absolute atomic E-state index is 10.8. The second kappa shape index (κ2) is 3.71. The number of carbonyl (C=O) groups is 1. The molecule has 0 aliphatic carbocycles. The molecule has 1 aromatic heterocycles. The molecule has 0 bridgehead atoms. The molecule has 12 heavy (non-hydrogen) atoms. The molecule has 0 saturated carbocycles. The molecule has 0 amide bonds. The Hall–Kier alpha value is -1.58. The van der Waals surface area contributed by atoms with Gasteiger partial charge in [-0.05, 0) is 6.92 Å². The minimum atomic E-state index is -0.360. The van der Waals surface area contributed by atoms with Crippen molar-refractivity contribution in [3.8, 4) is 0 Å². The molecule has 0 N–H and O–H groups in total. The summed E-state index contributed by atoms with van der Waals surface area (Å²) >= 11 is 0. The van der Waals surface area contributed by atoms with E-state index in [1.165, 1.54) is 13.2 Å². The van der Waals surface area contributed by atoms with E-state index >= 15 is 0 Å². The van der Waals surface area contributed by atoms with Crippen LogP contribution in [0.3, 0.4) is 0 Å². The van der Waals surface area contributed by atoms with Gasteiger partial charge in [-0.1, -0.05) is 0 Å². The van der Waals surface area contributed by atoms with Crippen LogP contribution in [0.4, 0.5) is 0 Å². The Labute approximate surface area is 70.5 Å². The molecular weight excluding hydrogens is 156 g/mol. The molecule has 0 unspecified atom stereocenters. The minimum absolute atomic E-state index is 0.360. The number of esters is 1. The summed E-state index contributed by atoms with van der Waals surface area (Å²) in [5, 5.41) is 0. The van der Waals surface area contributed by atoms with Gasteiger partial charge in [0.2, 0.25) is 0 Å². The van der Waals surface area contributed by atoms with Crippen molar-refractivity contribution in [3.63, 3.8) is 0 Å². The summed E-state index contributed by atoms with van der Waals surface area (Å²) in [6.45, 7) is 1.80. The molecule has 0 atom stereocenters. The summed E-state index contributed by atoms with van der Waals surface area (Å²) in [6.07, 6.45) is 6.43. The van der Waals surface area contributed by atoms with Gasteiger partial charge < -0.3 is 9.30 Å². The van der Waals surface area contributed by atoms with Crippen LogP contribution in [0.2, 0.25) is 0 Å². The van der Waals surface area contributed by atoms with Gasteiger partial charge in [-0.15, -0.1) is 0 Å². The average Bonchev–Trinajstić information content (AvgIpc) is 2.56. The van der Waals surface area contributed by atoms with Crippen molar-refractivity contribution in [2.45, 2.75) is 6.92 Å². The summed E-state index contributed by atoms with van der Waals surface area (Å²) in [5.74, 6) is -0.360. The topological polar surface area (TPSA) is 44.1 Å². The van der Waals surface area contributed by atoms with Gasteiger partial charge in [0.25, 0.3) is 0 Å². The van der Waals surface area contributed by atoms with E-state index in [1.54, 1.807) is 30.2 Å². The third-order valence-electron chi connectivity index (χ3n) is 1.44. The molecule has 1 aromatic rings. The Kier molecular flexibility index (Phi) is 2.63. The monoisotopic (exact) mass is 166 g/mol. The number of hydrogen-bond acceptors (Lipinski definition) is 3. The maximum Gasteiger partial charge on any atom is 0.332 e. The van der Waals surface area contributed by atoms with E-state index in [2.05, 4.69) is 9.72 Å². The number of aromatic nitrogens is 2. The first-order chi connectivity index (χ1) is 5.74. The van der Waals surface area contributed by atoms with Gasteiger partial charge in [0.15, 0.2) is 0 Å². The van der Waals surface area contributed by atoms with Crippen molar-refractivity contribution in [2.75, 3.05) is 7.11 Å². The highest BCUT2D eigenvalue weighted by molar-refractivity contribution is 5.87. The Morgan fingerprint density at radius 1 is 1.67 bits per heavy atom. The number of rotatable bonds is 2. The summed E-state index contributed by atoms with van der Waals surface area (Å²) in [4.78, 5) is 14.6. The van der Waals surface area contributed by atoms with Crippen LogP contribution in [-0.4, -0.2) is 22.6 Å². The SMILES string of the molecule is COC(=O)/C=C(\C)n1ccnc1. The largest absolute Gasteiger partial charge is 0.466 e. The van der Waals surface area contributed by atoms with Crippen molar-refractivity contribution >= 4 is 11.7 Å². The molecule has 0 aromatic carbocycles. The van der Waals surface area contributed by atoms with Gasteiger partial charge in [-0.3, -0.25) is 0 Å². The summed E-state index contributed by atoms with van der Waals surface area (Å²) in [7, 11) is 1.35. The van der Waals surface area contributed by atoms with Gasteiger partial charge in [0, 0.05) is 24.2 Å². The van der Waals surface area contributed by atoms with Crippen molar-refractivity contribution < 1.29 is 9.53 Å². The predicted octanol–water partition coefficient (Wildman–Crippen LogP) is 0.917. The van der Waals surface area contributed by atoms with Crippen LogP contribution in [0.25, 0.3) is 5.70 Å². The molecule has 4 nitrogen and oxygen atoms in total. The average molecular weight is 166 g/mol. The summed E-state index contributed by atoms with van der Waals surface area (Å²) in [6, 6.07) is 0. The number of methoxy groups -OCH3 is 1. The molecule has 64 valence electrons. The van der Waals surface area contributed by atoms with Crippen LogP contribution in [-0.2, 0) is 9.53 Å². The highest BCUT2D eigenvalue weighted by Gasteiger charge is 1.97. The Balaban J connectivity index is 2.77. The number of ether oxygens (including phenoxy) is 1. The van der Waals surface area contributed by atoms with Crippen LogP contribution < -0.4 is 0 Å². The molecule has 0 radical (unpaired) electrons. The molecule has 1 rings (SSSR count). The van der Waals surface area contributed by atoms with Crippen LogP contribution in [0.1, 0.15) is 6.92 Å². The van der Waals surface area contributed by atoms with Crippen molar-refractivity contribution in [3.05, 3.63) is 24.8 Å². The van der Waals surface area contributed by atoms with E-state index in [4.69, 9.17) is 0 Å². The zero-order valence-corrected chi connectivity index (χ0v) is 7.02. The predicted molar refractivity (Wildman–Crippen MR) is 44.2 cm³/mol. The van der Waals surface area contributed by atoms with Gasteiger partial charge in [-0.2, -0.15) is 0 Å². The number of carbonyl (C=O) groups excluding carboxylic acids is 1. The second-order valence-electron chi connectivity index (χ2n) is 2.28. The van der Waals surface area contributed by atoms with E-state index in [-0.39, 0.29) is 5.97 Å². The van der Waals surface area contributed by atoms with E-state index in [0.29, 0.717) is 0 Å². The van der Waals surface area contributed by atoms with Crippen LogP contribution in [0.15, 0.2) is 24.8 Å². The molecule has 0 fully saturated rings. The number of hydrogen-bond donors (Lipinski definition) is 0. The maximum atomic E-state index is 10.8. The summed E-state index contributed by atoms with van der Waals surface area (Å²) in [5.41, 5.74) is 0.777. The highest BCUT2D eigenvalue weighted by atomic mass is 16.5. The lowest BCUT2D eigenvalue weighted by Gasteiger charge is -1.99. The van der Waals surface area contributed by atoms with Crippen molar-refractivity contribution in [2.24, 2.45) is 0 Å². The Morgan fingerprint density at radius 3 is 2.92 bits per heavy atom. The van der Waals surface area contributed by atoms with Crippen molar-refractivity contribution in [1.29, 1.82) is 0 Å². The smallest absolute Gasteiger partial charge is 0.332 e. The van der Waals surface area contributed by atoms with E-state index in [1.807, 2.05) is 0 Å². The fourth-order valence-corrected chi connectivity index (χ4v) is 0.772. The normalized spacial score (nSPS) is 11.3. The van der Waals surface area contributed by atoms with Gasteiger partial charge in [0.05, 0.1) is 13.4 Å². The highest BCUT2D eigenvalue weighted by Crippen LogP contribution is 2.01. The lowest BCUT2D eigenvalue weighted by atomic mass is 10.4. The Bertz CT molecular complexity index is 288.